The number of nitrogens with two attached hydrogens (primary N) is 1. The molecule has 2 heterocycles. The summed E-state index contributed by atoms with van der Waals surface area (Å²) in [6.45, 7) is 0.584. The number of para-hydroxylation sites is 1. The van der Waals surface area contributed by atoms with E-state index < -0.39 is 0 Å². The number of benzene rings is 1. The number of hydrogen-bond acceptors (Lipinski definition) is 4. The van der Waals surface area contributed by atoms with Crippen molar-refractivity contribution in [3.63, 3.8) is 0 Å². The third-order valence-electron chi connectivity index (χ3n) is 5.61. The van der Waals surface area contributed by atoms with Crippen LogP contribution in [0, 0.1) is 0 Å². The average Bonchev–Trinajstić information content (AvgIpc) is 3.47. The summed E-state index contributed by atoms with van der Waals surface area (Å²) in [7, 11) is 0. The molecule has 0 bridgehead atoms. The van der Waals surface area contributed by atoms with Gasteiger partial charge in [-0.3, -0.25) is 9.59 Å². The molecule has 1 unspecified atom stereocenters. The van der Waals surface area contributed by atoms with Crippen LogP contribution in [0.25, 0.3) is 10.4 Å². The highest BCUT2D eigenvalue weighted by atomic mass is 32.1. The lowest BCUT2D eigenvalue weighted by Crippen LogP contribution is -2.34. The van der Waals surface area contributed by atoms with E-state index >= 15 is 0 Å². The number of thiophene rings is 1. The van der Waals surface area contributed by atoms with Crippen molar-refractivity contribution in [2.75, 3.05) is 11.4 Å². The van der Waals surface area contributed by atoms with Gasteiger partial charge in [-0.1, -0.05) is 36.4 Å². The van der Waals surface area contributed by atoms with Crippen LogP contribution in [-0.4, -0.2) is 30.4 Å². The van der Waals surface area contributed by atoms with Crippen LogP contribution < -0.4 is 16.0 Å². The Hall–Kier alpha value is -2.70. The molecular formula is C23H23N3O2S. The molecule has 1 aromatic heterocycles. The molecule has 148 valence electrons. The quantitative estimate of drug-likeness (QED) is 0.822. The predicted octanol–water partition coefficient (Wildman–Crippen LogP) is 3.41. The van der Waals surface area contributed by atoms with Crippen molar-refractivity contribution >= 4 is 28.8 Å². The molecule has 1 atom stereocenters. The molecule has 5 rings (SSSR count). The molecule has 1 fully saturated rings. The molecule has 0 saturated heterocycles. The first-order valence-corrected chi connectivity index (χ1v) is 10.9. The number of anilines is 1. The summed E-state index contributed by atoms with van der Waals surface area (Å²) in [5.41, 5.74) is 9.64. The van der Waals surface area contributed by atoms with Gasteiger partial charge in [0.05, 0.1) is 10.6 Å². The third kappa shape index (κ3) is 3.54. The molecule has 1 saturated carbocycles. The molecular weight excluding hydrogens is 382 g/mol. The minimum Gasteiger partial charge on any atom is -0.349 e. The Labute approximate surface area is 173 Å². The zero-order chi connectivity index (χ0) is 20.0. The molecule has 2 aromatic rings. The van der Waals surface area contributed by atoms with Crippen molar-refractivity contribution in [2.24, 2.45) is 5.73 Å². The van der Waals surface area contributed by atoms with E-state index in [0.29, 0.717) is 24.6 Å². The van der Waals surface area contributed by atoms with Crippen molar-refractivity contribution in [2.45, 2.75) is 37.8 Å². The van der Waals surface area contributed by atoms with Gasteiger partial charge in [-0.2, -0.15) is 0 Å². The van der Waals surface area contributed by atoms with E-state index in [2.05, 4.69) is 5.32 Å². The largest absolute Gasteiger partial charge is 0.349 e. The van der Waals surface area contributed by atoms with Crippen LogP contribution in [0.3, 0.4) is 0 Å². The molecule has 0 radical (unpaired) electrons. The fourth-order valence-electron chi connectivity index (χ4n) is 3.85. The Morgan fingerprint density at radius 3 is 2.79 bits per heavy atom. The van der Waals surface area contributed by atoms with E-state index in [1.165, 1.54) is 11.3 Å². The molecule has 29 heavy (non-hydrogen) atoms. The van der Waals surface area contributed by atoms with Gasteiger partial charge in [0, 0.05) is 34.6 Å². The summed E-state index contributed by atoms with van der Waals surface area (Å²) in [4.78, 5) is 29.5. The first-order chi connectivity index (χ1) is 14.1. The Kier molecular flexibility index (Phi) is 4.60. The molecule has 3 N–H and O–H groups in total. The number of rotatable bonds is 3. The summed E-state index contributed by atoms with van der Waals surface area (Å²) < 4.78 is 0. The first kappa shape index (κ1) is 18.3. The van der Waals surface area contributed by atoms with Gasteiger partial charge in [0.2, 0.25) is 0 Å². The average molecular weight is 406 g/mol. The lowest BCUT2D eigenvalue weighted by molar-refractivity contribution is -0.114. The normalized spacial score (nSPS) is 20.4. The maximum Gasteiger partial charge on any atom is 0.261 e. The van der Waals surface area contributed by atoms with Gasteiger partial charge in [0.1, 0.15) is 0 Å². The maximum absolute atomic E-state index is 13.3. The highest BCUT2D eigenvalue weighted by Crippen LogP contribution is 2.42. The zero-order valence-electron chi connectivity index (χ0n) is 16.1. The number of hydrogen-bond donors (Lipinski definition) is 2. The molecule has 1 aliphatic heterocycles. The van der Waals surface area contributed by atoms with Crippen LogP contribution in [0.5, 0.6) is 0 Å². The van der Waals surface area contributed by atoms with Crippen molar-refractivity contribution in [3.05, 3.63) is 64.6 Å². The van der Waals surface area contributed by atoms with Gasteiger partial charge in [0.15, 0.2) is 0 Å². The Morgan fingerprint density at radius 1 is 1.21 bits per heavy atom. The summed E-state index contributed by atoms with van der Waals surface area (Å²) in [5.74, 6) is 0.0206. The summed E-state index contributed by atoms with van der Waals surface area (Å²) >= 11 is 1.52. The van der Waals surface area contributed by atoms with E-state index in [1.54, 1.807) is 0 Å². The lowest BCUT2D eigenvalue weighted by Gasteiger charge is -2.24. The molecule has 0 spiro atoms. The van der Waals surface area contributed by atoms with E-state index in [4.69, 9.17) is 5.73 Å². The van der Waals surface area contributed by atoms with Gasteiger partial charge >= 0.3 is 0 Å². The fraction of sp³-hybridized carbons (Fsp3) is 0.304. The molecule has 3 aliphatic rings. The lowest BCUT2D eigenvalue weighted by atomic mass is 10.0. The van der Waals surface area contributed by atoms with Gasteiger partial charge in [-0.05, 0) is 43.4 Å². The number of carbonyl (C=O) groups excluding carboxylic acids is 2. The molecule has 2 amide bonds. The van der Waals surface area contributed by atoms with Crippen LogP contribution in [0.2, 0.25) is 0 Å². The van der Waals surface area contributed by atoms with Crippen molar-refractivity contribution in [1.82, 2.24) is 5.32 Å². The zero-order valence-corrected chi connectivity index (χ0v) is 16.9. The van der Waals surface area contributed by atoms with E-state index in [1.807, 2.05) is 53.5 Å². The second kappa shape index (κ2) is 7.28. The smallest absolute Gasteiger partial charge is 0.261 e. The summed E-state index contributed by atoms with van der Waals surface area (Å²) in [5, 5.41) is 3.07. The van der Waals surface area contributed by atoms with Gasteiger partial charge in [-0.15, -0.1) is 11.3 Å². The molecule has 2 aliphatic carbocycles. The summed E-state index contributed by atoms with van der Waals surface area (Å²) in [6, 6.07) is 10.3. The number of nitrogens with zero attached hydrogens (tertiary/aromatic N) is 1. The van der Waals surface area contributed by atoms with Crippen molar-refractivity contribution < 1.29 is 9.59 Å². The first-order valence-electron chi connectivity index (χ1n) is 10.1. The number of carbonyl (C=O) groups is 2. The van der Waals surface area contributed by atoms with Gasteiger partial charge < -0.3 is 16.0 Å². The molecule has 5 nitrogen and oxygen atoms in total. The fourth-order valence-corrected chi connectivity index (χ4v) is 5.00. The third-order valence-corrected chi connectivity index (χ3v) is 6.82. The Morgan fingerprint density at radius 2 is 2.03 bits per heavy atom. The Balaban J connectivity index is 1.49. The number of fused-ring (bicyclic) bond motifs is 3. The standard InChI is InChI=1S/C23H23N3O2S/c24-16-7-5-14(6-8-16)23(28)26-12-11-15-13-20(22(27)25-17-9-10-17)29-21(15)18-3-1-2-4-19(18)26/h1-7,13,16-17H,8-12,24H2,(H,25,27). The monoisotopic (exact) mass is 405 g/mol. The maximum atomic E-state index is 13.3. The second-order valence-corrected chi connectivity index (χ2v) is 8.91. The van der Waals surface area contributed by atoms with Crippen LogP contribution in [-0.2, 0) is 11.2 Å². The minimum atomic E-state index is -0.0184. The van der Waals surface area contributed by atoms with E-state index in [9.17, 15) is 9.59 Å². The van der Waals surface area contributed by atoms with Crippen molar-refractivity contribution in [3.8, 4) is 10.4 Å². The molecule has 1 aromatic carbocycles. The highest BCUT2D eigenvalue weighted by molar-refractivity contribution is 7.17. The van der Waals surface area contributed by atoms with Gasteiger partial charge in [-0.25, -0.2) is 0 Å². The number of amides is 2. The second-order valence-electron chi connectivity index (χ2n) is 7.85. The van der Waals surface area contributed by atoms with Crippen LogP contribution in [0.4, 0.5) is 5.69 Å². The van der Waals surface area contributed by atoms with Gasteiger partial charge in [0.25, 0.3) is 11.8 Å². The molecule has 6 heteroatoms. The van der Waals surface area contributed by atoms with Crippen LogP contribution in [0.15, 0.2) is 54.1 Å². The summed E-state index contributed by atoms with van der Waals surface area (Å²) in [6.07, 6.45) is 9.20. The SMILES string of the molecule is NC1C=CC(C(=O)N2CCc3cc(C(=O)NC4CC4)sc3-c3ccccc32)=CC1. The predicted molar refractivity (Wildman–Crippen MR) is 116 cm³/mol. The topological polar surface area (TPSA) is 75.4 Å². The van der Waals surface area contributed by atoms with Crippen LogP contribution in [0.1, 0.15) is 34.5 Å². The van der Waals surface area contributed by atoms with E-state index in [-0.39, 0.29) is 17.9 Å². The van der Waals surface area contributed by atoms with E-state index in [0.717, 1.165) is 45.8 Å². The van der Waals surface area contributed by atoms with Crippen molar-refractivity contribution in [1.29, 1.82) is 0 Å². The highest BCUT2D eigenvalue weighted by Gasteiger charge is 2.29. The minimum absolute atomic E-state index is 0.00227. The number of nitrogens with one attached hydrogen (secondary N) is 1. The van der Waals surface area contributed by atoms with Crippen LogP contribution >= 0.6 is 11.3 Å². The Bertz CT molecular complexity index is 1050.